The van der Waals surface area contributed by atoms with E-state index < -0.39 is 12.2 Å². The van der Waals surface area contributed by atoms with Crippen molar-refractivity contribution in [3.63, 3.8) is 0 Å². The van der Waals surface area contributed by atoms with Gasteiger partial charge in [-0.05, 0) is 36.1 Å². The molecule has 0 spiro atoms. The minimum Gasteiger partial charge on any atom is -0.390 e. The standard InChI is InChI=1S/C14H21FO2/c1-4-10(5-2)13(16)14(17)12-8-11(15)7-6-9(12)3/h6-8,10,13-14,16-17H,4-5H2,1-3H3. The average molecular weight is 240 g/mol. The second-order valence-corrected chi connectivity index (χ2v) is 4.51. The zero-order chi connectivity index (χ0) is 13.0. The fraction of sp³-hybridized carbons (Fsp3) is 0.571. The van der Waals surface area contributed by atoms with Crippen LogP contribution in [0.5, 0.6) is 0 Å². The quantitative estimate of drug-likeness (QED) is 0.830. The number of aliphatic hydroxyl groups is 2. The van der Waals surface area contributed by atoms with Crippen LogP contribution in [0.4, 0.5) is 4.39 Å². The van der Waals surface area contributed by atoms with Gasteiger partial charge in [0.05, 0.1) is 6.10 Å². The van der Waals surface area contributed by atoms with E-state index in [0.717, 1.165) is 18.4 Å². The molecule has 0 radical (unpaired) electrons. The third-order valence-corrected chi connectivity index (χ3v) is 3.42. The van der Waals surface area contributed by atoms with Crippen LogP contribution in [0.3, 0.4) is 0 Å². The summed E-state index contributed by atoms with van der Waals surface area (Å²) in [4.78, 5) is 0. The molecule has 1 rings (SSSR count). The SMILES string of the molecule is CCC(CC)C(O)C(O)c1cc(F)ccc1C. The van der Waals surface area contributed by atoms with Gasteiger partial charge in [0.25, 0.3) is 0 Å². The zero-order valence-electron chi connectivity index (χ0n) is 10.7. The average Bonchev–Trinajstić information content (AvgIpc) is 2.32. The molecule has 0 amide bonds. The molecule has 2 atom stereocenters. The molecule has 2 nitrogen and oxygen atoms in total. The predicted octanol–water partition coefficient (Wildman–Crippen LogP) is 2.96. The Kier molecular flexibility index (Phi) is 5.09. The highest BCUT2D eigenvalue weighted by Crippen LogP contribution is 2.28. The van der Waals surface area contributed by atoms with E-state index in [-0.39, 0.29) is 11.7 Å². The summed E-state index contributed by atoms with van der Waals surface area (Å²) in [6.07, 6.45) is -0.271. The summed E-state index contributed by atoms with van der Waals surface area (Å²) in [5.74, 6) is -0.353. The highest BCUT2D eigenvalue weighted by Gasteiger charge is 2.26. The smallest absolute Gasteiger partial charge is 0.123 e. The number of rotatable bonds is 5. The maximum Gasteiger partial charge on any atom is 0.123 e. The molecule has 0 saturated carbocycles. The molecule has 0 aliphatic heterocycles. The molecule has 0 aliphatic carbocycles. The van der Waals surface area contributed by atoms with Crippen LogP contribution in [0, 0.1) is 18.7 Å². The van der Waals surface area contributed by atoms with Gasteiger partial charge in [0.2, 0.25) is 0 Å². The van der Waals surface area contributed by atoms with Crippen molar-refractivity contribution in [2.75, 3.05) is 0 Å². The van der Waals surface area contributed by atoms with E-state index in [1.807, 2.05) is 13.8 Å². The van der Waals surface area contributed by atoms with E-state index >= 15 is 0 Å². The lowest BCUT2D eigenvalue weighted by Crippen LogP contribution is -2.27. The molecule has 0 aliphatic rings. The van der Waals surface area contributed by atoms with E-state index in [1.165, 1.54) is 12.1 Å². The maximum atomic E-state index is 13.1. The lowest BCUT2D eigenvalue weighted by Gasteiger charge is -2.26. The summed E-state index contributed by atoms with van der Waals surface area (Å²) >= 11 is 0. The molecule has 0 aromatic heterocycles. The number of hydrogen-bond donors (Lipinski definition) is 2. The molecule has 17 heavy (non-hydrogen) atoms. The Morgan fingerprint density at radius 3 is 2.29 bits per heavy atom. The number of benzene rings is 1. The summed E-state index contributed by atoms with van der Waals surface area (Å²) in [7, 11) is 0. The van der Waals surface area contributed by atoms with Crippen LogP contribution in [-0.2, 0) is 0 Å². The van der Waals surface area contributed by atoms with Crippen LogP contribution < -0.4 is 0 Å². The number of hydrogen-bond acceptors (Lipinski definition) is 2. The van der Waals surface area contributed by atoms with E-state index in [9.17, 15) is 14.6 Å². The Morgan fingerprint density at radius 2 is 1.76 bits per heavy atom. The van der Waals surface area contributed by atoms with Gasteiger partial charge in [-0.15, -0.1) is 0 Å². The molecule has 2 unspecified atom stereocenters. The first kappa shape index (κ1) is 14.1. The topological polar surface area (TPSA) is 40.5 Å². The molecule has 0 heterocycles. The first-order valence-corrected chi connectivity index (χ1v) is 6.13. The second kappa shape index (κ2) is 6.12. The van der Waals surface area contributed by atoms with Crippen molar-refractivity contribution in [2.45, 2.75) is 45.8 Å². The largest absolute Gasteiger partial charge is 0.390 e. The third-order valence-electron chi connectivity index (χ3n) is 3.42. The molecule has 96 valence electrons. The van der Waals surface area contributed by atoms with Gasteiger partial charge in [0, 0.05) is 0 Å². The molecule has 0 saturated heterocycles. The minimum atomic E-state index is -1.02. The lowest BCUT2D eigenvalue weighted by atomic mass is 9.88. The summed E-state index contributed by atoms with van der Waals surface area (Å²) < 4.78 is 13.1. The van der Waals surface area contributed by atoms with Crippen molar-refractivity contribution in [3.8, 4) is 0 Å². The van der Waals surface area contributed by atoms with E-state index in [1.54, 1.807) is 13.0 Å². The summed E-state index contributed by atoms with van der Waals surface area (Å²) in [6, 6.07) is 4.27. The van der Waals surface area contributed by atoms with Gasteiger partial charge in [-0.2, -0.15) is 0 Å². The van der Waals surface area contributed by atoms with Crippen molar-refractivity contribution in [1.82, 2.24) is 0 Å². The van der Waals surface area contributed by atoms with Crippen LogP contribution >= 0.6 is 0 Å². The second-order valence-electron chi connectivity index (χ2n) is 4.51. The first-order valence-electron chi connectivity index (χ1n) is 6.13. The minimum absolute atomic E-state index is 0.0349. The van der Waals surface area contributed by atoms with Crippen molar-refractivity contribution in [2.24, 2.45) is 5.92 Å². The molecule has 0 fully saturated rings. The molecule has 3 heteroatoms. The van der Waals surface area contributed by atoms with Gasteiger partial charge in [0.15, 0.2) is 0 Å². The van der Waals surface area contributed by atoms with Crippen molar-refractivity contribution >= 4 is 0 Å². The Balaban J connectivity index is 2.94. The zero-order valence-corrected chi connectivity index (χ0v) is 10.7. The molecule has 1 aromatic rings. The van der Waals surface area contributed by atoms with Gasteiger partial charge < -0.3 is 10.2 Å². The Labute approximate surface area is 102 Å². The number of halogens is 1. The van der Waals surface area contributed by atoms with Crippen LogP contribution in [-0.4, -0.2) is 16.3 Å². The summed E-state index contributed by atoms with van der Waals surface area (Å²) in [5.41, 5.74) is 1.27. The monoisotopic (exact) mass is 240 g/mol. The van der Waals surface area contributed by atoms with Gasteiger partial charge >= 0.3 is 0 Å². The van der Waals surface area contributed by atoms with Crippen molar-refractivity contribution < 1.29 is 14.6 Å². The maximum absolute atomic E-state index is 13.1. The number of aryl methyl sites for hydroxylation is 1. The van der Waals surface area contributed by atoms with Crippen molar-refractivity contribution in [3.05, 3.63) is 35.1 Å². The normalized spacial score (nSPS) is 15.0. The first-order chi connectivity index (χ1) is 8.01. The fourth-order valence-corrected chi connectivity index (χ4v) is 2.14. The third kappa shape index (κ3) is 3.27. The van der Waals surface area contributed by atoms with Crippen LogP contribution in [0.25, 0.3) is 0 Å². The lowest BCUT2D eigenvalue weighted by molar-refractivity contribution is -0.0213. The molecular weight excluding hydrogens is 219 g/mol. The Bertz CT molecular complexity index is 361. The van der Waals surface area contributed by atoms with Crippen LogP contribution in [0.1, 0.15) is 43.9 Å². The Hall–Kier alpha value is -0.930. The fourth-order valence-electron chi connectivity index (χ4n) is 2.14. The van der Waals surface area contributed by atoms with Gasteiger partial charge in [0.1, 0.15) is 11.9 Å². The Morgan fingerprint density at radius 1 is 1.18 bits per heavy atom. The van der Waals surface area contributed by atoms with Crippen LogP contribution in [0.2, 0.25) is 0 Å². The summed E-state index contributed by atoms with van der Waals surface area (Å²) in [6.45, 7) is 5.75. The highest BCUT2D eigenvalue weighted by atomic mass is 19.1. The van der Waals surface area contributed by atoms with Crippen molar-refractivity contribution in [1.29, 1.82) is 0 Å². The molecule has 1 aromatic carbocycles. The predicted molar refractivity (Wildman–Crippen MR) is 66.2 cm³/mol. The molecule has 0 bridgehead atoms. The molecular formula is C14H21FO2. The van der Waals surface area contributed by atoms with E-state index in [0.29, 0.717) is 5.56 Å². The van der Waals surface area contributed by atoms with Gasteiger partial charge in [-0.25, -0.2) is 4.39 Å². The van der Waals surface area contributed by atoms with Crippen LogP contribution in [0.15, 0.2) is 18.2 Å². The number of aliphatic hydroxyl groups excluding tert-OH is 2. The summed E-state index contributed by atoms with van der Waals surface area (Å²) in [5, 5.41) is 20.2. The highest BCUT2D eigenvalue weighted by molar-refractivity contribution is 5.29. The molecule has 2 N–H and O–H groups in total. The van der Waals surface area contributed by atoms with E-state index in [4.69, 9.17) is 0 Å². The van der Waals surface area contributed by atoms with E-state index in [2.05, 4.69) is 0 Å². The van der Waals surface area contributed by atoms with Gasteiger partial charge in [-0.1, -0.05) is 32.8 Å². The van der Waals surface area contributed by atoms with Gasteiger partial charge in [-0.3, -0.25) is 0 Å².